The Kier molecular flexibility index (Phi) is 8.50. The van der Waals surface area contributed by atoms with Crippen LogP contribution in [0.4, 0.5) is 0 Å². The van der Waals surface area contributed by atoms with Crippen LogP contribution in [0.1, 0.15) is 36.9 Å². The van der Waals surface area contributed by atoms with E-state index in [9.17, 15) is 13.2 Å². The number of hydroxylamine groups is 2. The number of sulfonamides is 1. The van der Waals surface area contributed by atoms with E-state index in [0.29, 0.717) is 37.5 Å². The molecule has 3 atom stereocenters. The van der Waals surface area contributed by atoms with Crippen molar-refractivity contribution in [3.05, 3.63) is 59.7 Å². The molecule has 2 aromatic rings. The summed E-state index contributed by atoms with van der Waals surface area (Å²) in [6.07, 6.45) is 1.23. The third-order valence-corrected chi connectivity index (χ3v) is 8.91. The van der Waals surface area contributed by atoms with Crippen LogP contribution >= 0.6 is 0 Å². The minimum absolute atomic E-state index is 0.0241. The summed E-state index contributed by atoms with van der Waals surface area (Å²) in [7, 11) is -0.473. The Morgan fingerprint density at radius 3 is 2.64 bits per heavy atom. The predicted molar refractivity (Wildman–Crippen MR) is 134 cm³/mol. The Balaban J connectivity index is 1.57. The normalized spacial score (nSPS) is 23.4. The minimum atomic E-state index is -3.77. The van der Waals surface area contributed by atoms with Gasteiger partial charge in [-0.15, -0.1) is 0 Å². The minimum Gasteiger partial charge on any atom is -0.493 e. The molecule has 9 nitrogen and oxygen atoms in total. The Bertz CT molecular complexity index is 1140. The van der Waals surface area contributed by atoms with Crippen molar-refractivity contribution in [3.63, 3.8) is 0 Å². The van der Waals surface area contributed by atoms with Gasteiger partial charge in [-0.2, -0.15) is 5.06 Å². The van der Waals surface area contributed by atoms with Gasteiger partial charge in [-0.3, -0.25) is 9.63 Å². The van der Waals surface area contributed by atoms with Crippen LogP contribution in [0.2, 0.25) is 0 Å². The Hall–Kier alpha value is -2.66. The summed E-state index contributed by atoms with van der Waals surface area (Å²) in [5.41, 5.74) is 1.75. The highest BCUT2D eigenvalue weighted by atomic mass is 32.2. The van der Waals surface area contributed by atoms with Crippen LogP contribution in [0.5, 0.6) is 11.5 Å². The van der Waals surface area contributed by atoms with Crippen molar-refractivity contribution in [2.45, 2.75) is 37.7 Å². The zero-order valence-electron chi connectivity index (χ0n) is 21.0. The lowest BCUT2D eigenvalue weighted by Gasteiger charge is -2.34. The molecule has 0 N–H and O–H groups in total. The van der Waals surface area contributed by atoms with Crippen molar-refractivity contribution in [3.8, 4) is 11.5 Å². The summed E-state index contributed by atoms with van der Waals surface area (Å²) < 4.78 is 45.7. The molecule has 2 saturated heterocycles. The van der Waals surface area contributed by atoms with Gasteiger partial charge in [0.15, 0.2) is 11.5 Å². The van der Waals surface area contributed by atoms with Gasteiger partial charge < -0.3 is 14.2 Å². The molecular formula is C26H34N2O7S. The Labute approximate surface area is 212 Å². The molecule has 2 aliphatic heterocycles. The number of ether oxygens (including phenoxy) is 3. The van der Waals surface area contributed by atoms with Crippen molar-refractivity contribution in [1.29, 1.82) is 0 Å². The molecule has 0 aromatic heterocycles. The van der Waals surface area contributed by atoms with Crippen LogP contribution < -0.4 is 9.47 Å². The predicted octanol–water partition coefficient (Wildman–Crippen LogP) is 3.17. The summed E-state index contributed by atoms with van der Waals surface area (Å²) in [5, 5.41) is 0.747. The molecule has 0 unspecified atom stereocenters. The molecule has 2 aromatic carbocycles. The summed E-state index contributed by atoms with van der Waals surface area (Å²) in [5.74, 6) is 0.287. The van der Waals surface area contributed by atoms with Crippen molar-refractivity contribution >= 4 is 16.0 Å². The molecule has 0 saturated carbocycles. The third kappa shape index (κ3) is 5.67. The van der Waals surface area contributed by atoms with Crippen LogP contribution in [0.3, 0.4) is 0 Å². The summed E-state index contributed by atoms with van der Waals surface area (Å²) in [6, 6.07) is 14.7. The van der Waals surface area contributed by atoms with Gasteiger partial charge in [0.25, 0.3) is 0 Å². The largest absolute Gasteiger partial charge is 0.493 e. The van der Waals surface area contributed by atoms with E-state index in [2.05, 4.69) is 0 Å². The van der Waals surface area contributed by atoms with Crippen molar-refractivity contribution < 1.29 is 32.3 Å². The number of benzene rings is 2. The maximum absolute atomic E-state index is 13.8. The van der Waals surface area contributed by atoms with Crippen LogP contribution in [-0.2, 0) is 31.0 Å². The second-order valence-electron chi connectivity index (χ2n) is 9.00. The molecule has 0 amide bonds. The van der Waals surface area contributed by atoms with Gasteiger partial charge in [-0.05, 0) is 43.0 Å². The fourth-order valence-electron chi connectivity index (χ4n) is 4.81. The number of carbonyl (C=O) groups is 1. The van der Waals surface area contributed by atoms with E-state index >= 15 is 0 Å². The van der Waals surface area contributed by atoms with E-state index in [1.807, 2.05) is 42.5 Å². The van der Waals surface area contributed by atoms with E-state index in [0.717, 1.165) is 11.1 Å². The molecule has 0 aliphatic carbocycles. The molecular weight excluding hydrogens is 484 g/mol. The zero-order valence-corrected chi connectivity index (χ0v) is 21.8. The smallest absolute Gasteiger partial charge is 0.310 e. The maximum atomic E-state index is 13.8. The van der Waals surface area contributed by atoms with Gasteiger partial charge >= 0.3 is 5.97 Å². The summed E-state index contributed by atoms with van der Waals surface area (Å²) >= 11 is 0. The highest BCUT2D eigenvalue weighted by Gasteiger charge is 2.47. The van der Waals surface area contributed by atoms with Gasteiger partial charge in [0, 0.05) is 20.1 Å². The molecule has 0 bridgehead atoms. The highest BCUT2D eigenvalue weighted by Crippen LogP contribution is 2.39. The van der Waals surface area contributed by atoms with Crippen LogP contribution in [0.15, 0.2) is 48.5 Å². The van der Waals surface area contributed by atoms with E-state index in [-0.39, 0.29) is 25.7 Å². The molecule has 4 rings (SSSR count). The van der Waals surface area contributed by atoms with E-state index < -0.39 is 27.2 Å². The second kappa shape index (κ2) is 11.6. The van der Waals surface area contributed by atoms with Crippen LogP contribution in [-0.4, -0.2) is 69.5 Å². The number of piperidine rings is 1. The van der Waals surface area contributed by atoms with Gasteiger partial charge in [0.2, 0.25) is 10.0 Å². The first-order chi connectivity index (χ1) is 17.3. The van der Waals surface area contributed by atoms with Gasteiger partial charge in [-0.1, -0.05) is 36.4 Å². The lowest BCUT2D eigenvalue weighted by Crippen LogP contribution is -2.48. The molecule has 2 aliphatic rings. The van der Waals surface area contributed by atoms with Crippen LogP contribution in [0, 0.1) is 5.92 Å². The fraction of sp³-hybridized carbons (Fsp3) is 0.500. The van der Waals surface area contributed by atoms with E-state index in [1.165, 1.54) is 4.31 Å². The van der Waals surface area contributed by atoms with E-state index in [1.54, 1.807) is 32.2 Å². The van der Waals surface area contributed by atoms with Crippen molar-refractivity contribution in [2.24, 2.45) is 5.92 Å². The first-order valence-corrected chi connectivity index (χ1v) is 13.7. The van der Waals surface area contributed by atoms with Crippen molar-refractivity contribution in [1.82, 2.24) is 9.37 Å². The Morgan fingerprint density at radius 2 is 1.92 bits per heavy atom. The molecule has 0 radical (unpaired) electrons. The quantitative estimate of drug-likeness (QED) is 0.468. The van der Waals surface area contributed by atoms with Gasteiger partial charge in [0.05, 0.1) is 32.3 Å². The molecule has 0 spiro atoms. The summed E-state index contributed by atoms with van der Waals surface area (Å²) in [6.45, 7) is 2.90. The second-order valence-corrected chi connectivity index (χ2v) is 11.2. The fourth-order valence-corrected chi connectivity index (χ4v) is 6.85. The van der Waals surface area contributed by atoms with Crippen LogP contribution in [0.25, 0.3) is 0 Å². The number of hydrogen-bond donors (Lipinski definition) is 0. The lowest BCUT2D eigenvalue weighted by molar-refractivity contribution is -0.149. The zero-order chi connectivity index (χ0) is 25.7. The topological polar surface area (TPSA) is 94.6 Å². The molecule has 2 heterocycles. The third-order valence-electron chi connectivity index (χ3n) is 6.70. The van der Waals surface area contributed by atoms with Gasteiger partial charge in [-0.25, -0.2) is 12.7 Å². The number of nitrogens with zero attached hydrogens (tertiary/aromatic N) is 2. The molecule has 196 valence electrons. The first kappa shape index (κ1) is 26.4. The first-order valence-electron chi connectivity index (χ1n) is 12.2. The molecule has 36 heavy (non-hydrogen) atoms. The van der Waals surface area contributed by atoms with Gasteiger partial charge in [0.1, 0.15) is 11.9 Å². The Morgan fingerprint density at radius 1 is 1.14 bits per heavy atom. The standard InChI is InChI=1S/C26H34N2O7S/c1-4-33-26(29)21-11-8-14-28(16-21)36(30,31)24-18-35-27(2)25(24)20-12-13-22(32-3)23(15-20)34-17-19-9-6-5-7-10-19/h5-7,9-10,12-13,15,21,24-25H,4,8,11,14,16-18H2,1-3H3/t21-,24+,25-/m1/s1. The molecule has 10 heteroatoms. The lowest BCUT2D eigenvalue weighted by atomic mass is 10.0. The number of hydrogen-bond acceptors (Lipinski definition) is 8. The number of carbonyl (C=O) groups excluding carboxylic acids is 1. The number of rotatable bonds is 9. The number of esters is 1. The maximum Gasteiger partial charge on any atom is 0.310 e. The van der Waals surface area contributed by atoms with Crippen molar-refractivity contribution in [2.75, 3.05) is 40.5 Å². The average Bonchev–Trinajstić information content (AvgIpc) is 3.30. The monoisotopic (exact) mass is 518 g/mol. The summed E-state index contributed by atoms with van der Waals surface area (Å²) in [4.78, 5) is 18.0. The molecule has 2 fully saturated rings. The SMILES string of the molecule is CCOC(=O)[C@@H]1CCCN(S(=O)(=O)[C@H]2CON(C)[C@@H]2c2ccc(OC)c(OCc3ccccc3)c2)C1. The highest BCUT2D eigenvalue weighted by molar-refractivity contribution is 7.89. The van der Waals surface area contributed by atoms with E-state index in [4.69, 9.17) is 19.0 Å². The number of methoxy groups -OCH3 is 1. The average molecular weight is 519 g/mol.